The molecule has 0 fully saturated rings. The molecule has 2 nitrogen and oxygen atoms in total. The molecule has 0 bridgehead atoms. The molecule has 0 aliphatic rings. The van der Waals surface area contributed by atoms with E-state index in [0.717, 1.165) is 0 Å². The van der Waals surface area contributed by atoms with Gasteiger partial charge in [-0.05, 0) is 20.8 Å². The van der Waals surface area contributed by atoms with Crippen molar-refractivity contribution < 1.29 is 5.21 Å². The SMILES string of the molecule is CCC.CN(O)C(C)(C)C. The second-order valence-electron chi connectivity index (χ2n) is 3.40. The lowest BCUT2D eigenvalue weighted by molar-refractivity contribution is -0.132. The maximum absolute atomic E-state index is 8.72. The first-order valence-corrected chi connectivity index (χ1v) is 3.79. The van der Waals surface area contributed by atoms with E-state index in [2.05, 4.69) is 13.8 Å². The lowest BCUT2D eigenvalue weighted by Gasteiger charge is -2.24. The van der Waals surface area contributed by atoms with Gasteiger partial charge in [-0.15, -0.1) is 0 Å². The molecule has 0 saturated carbocycles. The van der Waals surface area contributed by atoms with Crippen LogP contribution in [0.25, 0.3) is 0 Å². The molecule has 0 aromatic carbocycles. The third-order valence-electron chi connectivity index (χ3n) is 0.971. The summed E-state index contributed by atoms with van der Waals surface area (Å²) in [5.41, 5.74) is -0.111. The van der Waals surface area contributed by atoms with Gasteiger partial charge in [0.25, 0.3) is 0 Å². The lowest BCUT2D eigenvalue weighted by Crippen LogP contribution is -2.34. The maximum Gasteiger partial charge on any atom is 0.0373 e. The van der Waals surface area contributed by atoms with Crippen molar-refractivity contribution in [2.24, 2.45) is 0 Å². The van der Waals surface area contributed by atoms with Gasteiger partial charge in [-0.3, -0.25) is 0 Å². The average molecular weight is 147 g/mol. The first-order valence-electron chi connectivity index (χ1n) is 3.79. The molecule has 64 valence electrons. The summed E-state index contributed by atoms with van der Waals surface area (Å²) >= 11 is 0. The van der Waals surface area contributed by atoms with E-state index in [1.54, 1.807) is 7.05 Å². The number of nitrogens with zero attached hydrogens (tertiary/aromatic N) is 1. The van der Waals surface area contributed by atoms with Crippen LogP contribution in [-0.2, 0) is 0 Å². The van der Waals surface area contributed by atoms with Gasteiger partial charge in [0.15, 0.2) is 0 Å². The molecule has 0 amide bonds. The topological polar surface area (TPSA) is 23.5 Å². The zero-order valence-corrected chi connectivity index (χ0v) is 8.10. The van der Waals surface area contributed by atoms with E-state index in [-0.39, 0.29) is 5.54 Å². The van der Waals surface area contributed by atoms with E-state index in [4.69, 9.17) is 5.21 Å². The molecule has 0 aromatic heterocycles. The van der Waals surface area contributed by atoms with Gasteiger partial charge in [-0.2, -0.15) is 5.06 Å². The van der Waals surface area contributed by atoms with Gasteiger partial charge in [0, 0.05) is 12.6 Å². The molecule has 0 atom stereocenters. The Bertz CT molecular complexity index is 64.1. The first-order chi connectivity index (χ1) is 4.36. The van der Waals surface area contributed by atoms with E-state index in [1.807, 2.05) is 20.8 Å². The van der Waals surface area contributed by atoms with Crippen molar-refractivity contribution in [3.05, 3.63) is 0 Å². The van der Waals surface area contributed by atoms with Crippen LogP contribution in [0.1, 0.15) is 41.0 Å². The minimum absolute atomic E-state index is 0.111. The summed E-state index contributed by atoms with van der Waals surface area (Å²) < 4.78 is 0. The van der Waals surface area contributed by atoms with Crippen molar-refractivity contribution in [2.75, 3.05) is 7.05 Å². The Balaban J connectivity index is 0. The Morgan fingerprint density at radius 3 is 1.30 bits per heavy atom. The molecule has 2 heteroatoms. The molecule has 0 unspecified atom stereocenters. The van der Waals surface area contributed by atoms with Crippen molar-refractivity contribution in [3.8, 4) is 0 Å². The smallest absolute Gasteiger partial charge is 0.0373 e. The van der Waals surface area contributed by atoms with E-state index < -0.39 is 0 Å². The second kappa shape index (κ2) is 5.69. The molecule has 0 radical (unpaired) electrons. The van der Waals surface area contributed by atoms with Crippen molar-refractivity contribution in [1.29, 1.82) is 0 Å². The Morgan fingerprint density at radius 1 is 1.20 bits per heavy atom. The Hall–Kier alpha value is -0.0800. The average Bonchev–Trinajstić information content (AvgIpc) is 1.64. The van der Waals surface area contributed by atoms with E-state index in [1.165, 1.54) is 11.5 Å². The molecule has 0 aromatic rings. The summed E-state index contributed by atoms with van der Waals surface area (Å²) in [6.45, 7) is 10.1. The first kappa shape index (κ1) is 12.6. The zero-order chi connectivity index (χ0) is 8.78. The van der Waals surface area contributed by atoms with Gasteiger partial charge in [-0.1, -0.05) is 20.3 Å². The number of hydrogen-bond acceptors (Lipinski definition) is 2. The quantitative estimate of drug-likeness (QED) is 0.532. The van der Waals surface area contributed by atoms with Crippen LogP contribution in [0.5, 0.6) is 0 Å². The predicted octanol–water partition coefficient (Wildman–Crippen LogP) is 2.52. The fourth-order valence-electron chi connectivity index (χ4n) is 0. The van der Waals surface area contributed by atoms with Gasteiger partial charge < -0.3 is 5.21 Å². The molecule has 1 N–H and O–H groups in total. The highest BCUT2D eigenvalue weighted by Crippen LogP contribution is 2.05. The minimum Gasteiger partial charge on any atom is -0.314 e. The van der Waals surface area contributed by atoms with Crippen LogP contribution in [-0.4, -0.2) is 22.9 Å². The maximum atomic E-state index is 8.72. The monoisotopic (exact) mass is 147 g/mol. The standard InChI is InChI=1S/C5H13NO.C3H8/c1-5(2,3)6(4)7;1-3-2/h7H,1-4H3;3H2,1-2H3. The van der Waals surface area contributed by atoms with Crippen molar-refractivity contribution in [1.82, 2.24) is 5.06 Å². The highest BCUT2D eigenvalue weighted by molar-refractivity contribution is 4.64. The van der Waals surface area contributed by atoms with Gasteiger partial charge in [0.2, 0.25) is 0 Å². The summed E-state index contributed by atoms with van der Waals surface area (Å²) in [4.78, 5) is 0. The van der Waals surface area contributed by atoms with Crippen LogP contribution >= 0.6 is 0 Å². The fourth-order valence-corrected chi connectivity index (χ4v) is 0. The summed E-state index contributed by atoms with van der Waals surface area (Å²) in [5.74, 6) is 0. The summed E-state index contributed by atoms with van der Waals surface area (Å²) in [6, 6.07) is 0. The Kier molecular flexibility index (Phi) is 7.15. The molecule has 0 saturated heterocycles. The molecular weight excluding hydrogens is 126 g/mol. The predicted molar refractivity (Wildman–Crippen MR) is 45.3 cm³/mol. The van der Waals surface area contributed by atoms with Crippen LogP contribution in [0.4, 0.5) is 0 Å². The van der Waals surface area contributed by atoms with Crippen LogP contribution in [0.3, 0.4) is 0 Å². The van der Waals surface area contributed by atoms with E-state index in [0.29, 0.717) is 0 Å². The van der Waals surface area contributed by atoms with Gasteiger partial charge in [-0.25, -0.2) is 0 Å². The molecule has 0 rings (SSSR count). The third kappa shape index (κ3) is 10.8. The van der Waals surface area contributed by atoms with E-state index >= 15 is 0 Å². The van der Waals surface area contributed by atoms with Crippen LogP contribution in [0.2, 0.25) is 0 Å². The lowest BCUT2D eigenvalue weighted by atomic mass is 10.1. The molecule has 0 spiro atoms. The second-order valence-corrected chi connectivity index (χ2v) is 3.40. The van der Waals surface area contributed by atoms with Crippen molar-refractivity contribution in [3.63, 3.8) is 0 Å². The highest BCUT2D eigenvalue weighted by Gasteiger charge is 2.12. The number of hydroxylamine groups is 2. The Morgan fingerprint density at radius 2 is 1.30 bits per heavy atom. The molecule has 0 heterocycles. The van der Waals surface area contributed by atoms with Gasteiger partial charge >= 0.3 is 0 Å². The van der Waals surface area contributed by atoms with Gasteiger partial charge in [0.05, 0.1) is 0 Å². The van der Waals surface area contributed by atoms with Crippen molar-refractivity contribution in [2.45, 2.75) is 46.6 Å². The van der Waals surface area contributed by atoms with E-state index in [9.17, 15) is 0 Å². The third-order valence-corrected chi connectivity index (χ3v) is 0.971. The summed E-state index contributed by atoms with van der Waals surface area (Å²) in [5, 5.41) is 9.91. The molecule has 10 heavy (non-hydrogen) atoms. The van der Waals surface area contributed by atoms with Crippen molar-refractivity contribution >= 4 is 0 Å². The van der Waals surface area contributed by atoms with Crippen LogP contribution in [0, 0.1) is 0 Å². The Labute approximate surface area is 64.8 Å². The number of rotatable bonds is 0. The normalized spacial score (nSPS) is 10.8. The summed E-state index contributed by atoms with van der Waals surface area (Å²) in [6.07, 6.45) is 1.25. The zero-order valence-electron chi connectivity index (χ0n) is 8.10. The highest BCUT2D eigenvalue weighted by atomic mass is 16.5. The van der Waals surface area contributed by atoms with Crippen LogP contribution in [0.15, 0.2) is 0 Å². The largest absolute Gasteiger partial charge is 0.314 e. The van der Waals surface area contributed by atoms with Gasteiger partial charge in [0.1, 0.15) is 0 Å². The molecule has 0 aliphatic carbocycles. The summed E-state index contributed by atoms with van der Waals surface area (Å²) in [7, 11) is 1.64. The fraction of sp³-hybridized carbons (Fsp3) is 1.00. The minimum atomic E-state index is -0.111. The number of hydrogen-bond donors (Lipinski definition) is 1. The van der Waals surface area contributed by atoms with Crippen LogP contribution < -0.4 is 0 Å². The molecule has 0 aliphatic heterocycles. The molecular formula is C8H21NO.